The van der Waals surface area contributed by atoms with Crippen molar-refractivity contribution in [3.63, 3.8) is 0 Å². The van der Waals surface area contributed by atoms with Crippen molar-refractivity contribution < 1.29 is 140 Å². The van der Waals surface area contributed by atoms with Crippen LogP contribution in [0.2, 0.25) is 0 Å². The first kappa shape index (κ1) is 114. The van der Waals surface area contributed by atoms with E-state index in [1.165, 1.54) is 83.3 Å². The molecule has 0 bridgehead atoms. The van der Waals surface area contributed by atoms with Crippen LogP contribution in [0.1, 0.15) is 147 Å². The quantitative estimate of drug-likeness (QED) is 0.00466. The highest BCUT2D eigenvalue weighted by atomic mass is 33.1. The lowest BCUT2D eigenvalue weighted by atomic mass is 10.1. The van der Waals surface area contributed by atoms with Gasteiger partial charge < -0.3 is 134 Å². The number of H-pyrrole nitrogens is 1. The number of aromatic amines is 1. The normalized spacial score (nSPS) is 16.9. The number of likely N-dealkylation sites (tertiary alicyclic amines) is 2. The smallest absolute Gasteiger partial charge is 0.412 e. The number of nitrogen functional groups attached to an aromatic ring is 2. The second kappa shape index (κ2) is 54.0. The van der Waals surface area contributed by atoms with Gasteiger partial charge in [-0.05, 0) is 102 Å². The molecule has 0 spiro atoms. The van der Waals surface area contributed by atoms with Gasteiger partial charge in [0.15, 0.2) is 46.3 Å². The summed E-state index contributed by atoms with van der Waals surface area (Å²) in [6.07, 6.45) is -2.18. The molecule has 0 aliphatic carbocycles. The number of rotatable bonds is 57. The Hall–Kier alpha value is -15.6. The lowest BCUT2D eigenvalue weighted by molar-refractivity contribution is -0.144. The predicted octanol–water partition coefficient (Wildman–Crippen LogP) is 0.0798. The fourth-order valence-electron chi connectivity index (χ4n) is 15.8. The number of unbranched alkanes of at least 4 members (excludes halogenated alkanes) is 2. The maximum absolute atomic E-state index is 14.5. The van der Waals surface area contributed by atoms with Crippen molar-refractivity contribution in [2.45, 2.75) is 181 Å². The largest absolute Gasteiger partial charge is 0.493 e. The minimum absolute atomic E-state index is 0.0143. The molecule has 10 atom stereocenters. The van der Waals surface area contributed by atoms with Crippen molar-refractivity contribution in [3.8, 4) is 23.0 Å². The summed E-state index contributed by atoms with van der Waals surface area (Å²) in [4.78, 5) is 275. The molecule has 148 heavy (non-hydrogen) atoms. The number of benzene rings is 3. The number of amides is 13. The number of ether oxygens (including phenoxy) is 6. The third-order valence-corrected chi connectivity index (χ3v) is 27.8. The van der Waals surface area contributed by atoms with E-state index >= 15 is 0 Å². The summed E-state index contributed by atoms with van der Waals surface area (Å²) in [5, 5.41) is 79.3. The van der Waals surface area contributed by atoms with Gasteiger partial charge in [-0.1, -0.05) is 45.9 Å². The molecule has 0 radical (unpaired) electrons. The molecule has 53 nitrogen and oxygen atoms in total. The molecule has 13 amide bonds. The average Bonchev–Trinajstić information content (AvgIpc) is 1.63. The number of nitrogens with two attached hydrogens (primary N) is 3. The zero-order valence-electron chi connectivity index (χ0n) is 80.9. The van der Waals surface area contributed by atoms with Gasteiger partial charge in [0.05, 0.1) is 117 Å². The molecule has 7 heterocycles. The zero-order chi connectivity index (χ0) is 108. The van der Waals surface area contributed by atoms with Gasteiger partial charge in [-0.25, -0.2) is 24.4 Å². The first-order valence-electron chi connectivity index (χ1n) is 46.5. The van der Waals surface area contributed by atoms with Gasteiger partial charge in [0, 0.05) is 112 Å². The molecule has 56 heteroatoms. The third-order valence-electron chi connectivity index (χ3n) is 23.3. The van der Waals surface area contributed by atoms with Crippen LogP contribution in [0.5, 0.6) is 23.0 Å². The Bertz CT molecular complexity index is 5970. The van der Waals surface area contributed by atoms with Crippen molar-refractivity contribution in [1.29, 1.82) is 5.41 Å². The zero-order valence-corrected chi connectivity index (χ0v) is 83.4. The highest BCUT2D eigenvalue weighted by Crippen LogP contribution is 2.42. The van der Waals surface area contributed by atoms with E-state index in [1.807, 2.05) is 24.5 Å². The summed E-state index contributed by atoms with van der Waals surface area (Å²) in [7, 11) is 5.68. The summed E-state index contributed by atoms with van der Waals surface area (Å²) in [5.74, 6) is -19.3. The number of carboxylic acid groups (broad SMARTS) is 5. The van der Waals surface area contributed by atoms with Crippen molar-refractivity contribution in [3.05, 3.63) is 112 Å². The lowest BCUT2D eigenvalue weighted by Crippen LogP contribution is -2.59. The van der Waals surface area contributed by atoms with Crippen LogP contribution in [0.4, 0.5) is 27.8 Å². The summed E-state index contributed by atoms with van der Waals surface area (Å²) in [6, 6.07) is -1.01. The van der Waals surface area contributed by atoms with E-state index in [2.05, 4.69) is 80.6 Å². The van der Waals surface area contributed by atoms with Crippen molar-refractivity contribution >= 4 is 187 Å². The van der Waals surface area contributed by atoms with Gasteiger partial charge in [0.25, 0.3) is 23.3 Å². The molecule has 0 saturated carbocycles. The van der Waals surface area contributed by atoms with Crippen LogP contribution in [0.3, 0.4) is 0 Å². The summed E-state index contributed by atoms with van der Waals surface area (Å²) >= 11 is 0.582. The van der Waals surface area contributed by atoms with E-state index in [0.29, 0.717) is 103 Å². The van der Waals surface area contributed by atoms with Crippen molar-refractivity contribution in [2.24, 2.45) is 10.7 Å². The number of aliphatic carboxylic acids is 5. The van der Waals surface area contributed by atoms with Gasteiger partial charge in [0.2, 0.25) is 59.1 Å². The first-order chi connectivity index (χ1) is 70.4. The van der Waals surface area contributed by atoms with E-state index in [4.69, 9.17) is 51.0 Å². The molecule has 10 rings (SSSR count). The van der Waals surface area contributed by atoms with Crippen LogP contribution in [0.25, 0.3) is 11.2 Å². The Morgan fingerprint density at radius 2 is 1.25 bits per heavy atom. The SMILES string of the molecule is C=C1C[C@H]2C=Nc3cc(OCCCCCOc4cc(N)c(C(=O)N5CC(=C)C[C@H]5C5OCCN5C(=O)OCC(C)(C)SSCCC(=O)NCCNC(=O)CCN5C(=O)CC(SC[C@H](NC(=O)[C@H](CC(=O)O)NC(=O)[C@H](CC(=O)O)NC(=O)[C@H](CCCNC(=N)N)NC(=O)[C@H](CC(=O)O)NC(=O)CC[C@H](NC(=O)c6ccc(NCc7cnc8nc(N)[nH]c(=O)c8n7)cc6)C(=O)O)C(=O)O)C5=O)cc4OC)c(OC)cc3C(=O)N2C1. The van der Waals surface area contributed by atoms with E-state index in [1.54, 1.807) is 28.1 Å². The molecule has 23 N–H and O–H groups in total. The van der Waals surface area contributed by atoms with Crippen molar-refractivity contribution in [1.82, 2.24) is 87.4 Å². The topological polar surface area (TPSA) is 783 Å². The van der Waals surface area contributed by atoms with Gasteiger partial charge in [0.1, 0.15) is 42.9 Å². The standard InChI is InChI=1S/C92H117N23O30S3/c1-46-29-51-41-101-57-34-66(64(141-6)32-53(57)84(133)114(51)42-46)143-26-9-7-8-25-142-65-33-54(93)52(31-63(65)140-5)83(132)115-43-47(2)30-62(115)86-113(24-27-144-86)91(139)145-45-92(3,4)148-147-28-19-69(117)98-22-21-97-68(116)18-23-112-71(119)38-67(85(112)134)146-44-61(88(137)138)109-81(130)60(37-74(124)125)108-80(129)59(36-73(122)123)107-78(127)55(11-10-20-99-89(94)95)105-79(128)58(35-72(120)121)104-70(118)17-16-56(87(135)136)106-77(126)48-12-14-49(15-13-48)100-39-50-40-102-76-75(103-50)82(131)111-90(96)110-76/h12-15,31-34,40-41,51,55-56,58-62,67,86,100H,1-2,7-11,16-30,35-39,42-45,93H2,3-6H3,(H,97,116)(H,98,117)(H,104,118)(H,105,128)(H,106,126)(H,107,127)(H,108,129)(H,109,130)(H,120,121)(H,122,123)(H,124,125)(H,135,136)(H,137,138)(H4,94,95,99)(H3,96,102,110,111,131)/t51-,55-,56-,58-,59-,60-,61-,62-,67?,86?/m0/s1. The molecule has 4 saturated heterocycles. The Labute approximate surface area is 856 Å². The van der Waals surface area contributed by atoms with Crippen LogP contribution in [-0.2, 0) is 83.1 Å². The number of carbonyl (C=O) groups is 18. The molecule has 3 aromatic carbocycles. The van der Waals surface area contributed by atoms with E-state index < -0.39 is 229 Å². The molecule has 5 aliphatic rings. The number of anilines is 3. The summed E-state index contributed by atoms with van der Waals surface area (Å²) in [6.45, 7) is 12.8. The molecule has 2 aromatic heterocycles. The van der Waals surface area contributed by atoms with E-state index in [0.717, 1.165) is 22.5 Å². The van der Waals surface area contributed by atoms with Crippen LogP contribution >= 0.6 is 33.3 Å². The molecule has 5 aromatic rings. The van der Waals surface area contributed by atoms with Gasteiger partial charge in [-0.2, -0.15) is 4.98 Å². The van der Waals surface area contributed by atoms with Gasteiger partial charge in [-0.3, -0.25) is 102 Å². The predicted molar refractivity (Wildman–Crippen MR) is 533 cm³/mol. The number of imide groups is 1. The highest BCUT2D eigenvalue weighted by molar-refractivity contribution is 8.77. The number of nitrogens with zero attached hydrogens (tertiary/aromatic N) is 8. The van der Waals surface area contributed by atoms with Crippen LogP contribution < -0.4 is 94.9 Å². The molecule has 4 fully saturated rings. The fourth-order valence-corrected chi connectivity index (χ4v) is 19.4. The maximum atomic E-state index is 14.5. The first-order valence-corrected chi connectivity index (χ1v) is 49.9. The average molecular weight is 2120 g/mol. The number of hydrogen-bond donors (Lipinski definition) is 20. The van der Waals surface area contributed by atoms with E-state index in [9.17, 15) is 117 Å². The Kier molecular flexibility index (Phi) is 41.7. The number of carboxylic acids is 5. The minimum Gasteiger partial charge on any atom is -0.493 e. The number of hydrogen-bond acceptors (Lipinski definition) is 36. The van der Waals surface area contributed by atoms with Crippen LogP contribution in [-0.4, -0.2) is 347 Å². The Morgan fingerprint density at radius 1 is 0.649 bits per heavy atom. The van der Waals surface area contributed by atoms with E-state index in [-0.39, 0.29) is 123 Å². The second-order valence-corrected chi connectivity index (χ2v) is 39.5. The van der Waals surface area contributed by atoms with Gasteiger partial charge in [-0.15, -0.1) is 11.8 Å². The van der Waals surface area contributed by atoms with Crippen LogP contribution in [0.15, 0.2) is 88.8 Å². The fraction of sp³-hybridized carbons (Fsp3) is 0.478. The molecular formula is C92H117N23O30S3. The molecule has 2 unspecified atom stereocenters. The van der Waals surface area contributed by atoms with Gasteiger partial charge >= 0.3 is 35.9 Å². The number of methoxy groups -OCH3 is 2. The Morgan fingerprint density at radius 3 is 1.88 bits per heavy atom. The minimum atomic E-state index is -2.26. The Balaban J connectivity index is 0.610. The van der Waals surface area contributed by atoms with Crippen molar-refractivity contribution in [2.75, 3.05) is 115 Å². The number of aliphatic imine (C=N–C) groups is 1. The number of carbonyl (C=O) groups excluding carboxylic acids is 13. The number of thioether (sulfide) groups is 1. The van der Waals surface area contributed by atoms with Crippen LogP contribution in [0, 0.1) is 5.41 Å². The number of aromatic nitrogens is 4. The molecule has 798 valence electrons. The third kappa shape index (κ3) is 33.2. The lowest BCUT2D eigenvalue weighted by Gasteiger charge is -2.33. The number of guanidine groups is 1. The molecule has 5 aliphatic heterocycles. The highest BCUT2D eigenvalue weighted by Gasteiger charge is 2.47. The second-order valence-electron chi connectivity index (χ2n) is 35.1. The monoisotopic (exact) mass is 2120 g/mol. The summed E-state index contributed by atoms with van der Waals surface area (Å²) in [5.41, 5.74) is 20.5. The maximum Gasteiger partial charge on any atom is 0.412 e. The summed E-state index contributed by atoms with van der Waals surface area (Å²) < 4.78 is 34.8. The number of nitrogens with one attached hydrogen (secondary N) is 12. The molecular weight excluding hydrogens is 2000 g/mol. The number of fused-ring (bicyclic) bond motifs is 3.